The van der Waals surface area contributed by atoms with Crippen LogP contribution < -0.4 is 0 Å². The van der Waals surface area contributed by atoms with Gasteiger partial charge in [-0.2, -0.15) is 4.31 Å². The van der Waals surface area contributed by atoms with Crippen LogP contribution in [0, 0.1) is 0 Å². The molecule has 0 aliphatic carbocycles. The molecule has 1 saturated heterocycles. The van der Waals surface area contributed by atoms with Gasteiger partial charge in [0.2, 0.25) is 10.0 Å². The SMILES string of the molecule is COC(=O)CN1CCN(S(=O)(=O)c2cncc(Br)c2)CC1. The Hall–Kier alpha value is -1.03. The third-order valence-electron chi connectivity index (χ3n) is 3.23. The van der Waals surface area contributed by atoms with Crippen LogP contribution in [0.3, 0.4) is 0 Å². The van der Waals surface area contributed by atoms with Crippen LogP contribution in [0.5, 0.6) is 0 Å². The Morgan fingerprint density at radius 3 is 2.57 bits per heavy atom. The molecule has 0 N–H and O–H groups in total. The smallest absolute Gasteiger partial charge is 0.319 e. The van der Waals surface area contributed by atoms with Gasteiger partial charge in [0.25, 0.3) is 0 Å². The largest absolute Gasteiger partial charge is 0.468 e. The first-order valence-electron chi connectivity index (χ1n) is 6.33. The Kier molecular flexibility index (Phi) is 5.31. The Morgan fingerprint density at radius 1 is 1.33 bits per heavy atom. The number of esters is 1. The number of halogens is 1. The molecule has 2 rings (SSSR count). The second-order valence-corrected chi connectivity index (χ2v) is 7.45. The van der Waals surface area contributed by atoms with Crippen molar-refractivity contribution in [2.45, 2.75) is 4.90 Å². The van der Waals surface area contributed by atoms with Gasteiger partial charge in [-0.1, -0.05) is 0 Å². The van der Waals surface area contributed by atoms with Crippen molar-refractivity contribution >= 4 is 31.9 Å². The molecular formula is C12H16BrN3O4S. The fourth-order valence-corrected chi connectivity index (χ4v) is 3.99. The number of rotatable bonds is 4. The molecule has 21 heavy (non-hydrogen) atoms. The Morgan fingerprint density at radius 2 is 2.00 bits per heavy atom. The lowest BCUT2D eigenvalue weighted by Crippen LogP contribution is -2.49. The van der Waals surface area contributed by atoms with Gasteiger partial charge in [-0.15, -0.1) is 0 Å². The summed E-state index contributed by atoms with van der Waals surface area (Å²) in [5, 5.41) is 0. The summed E-state index contributed by atoms with van der Waals surface area (Å²) >= 11 is 3.22. The van der Waals surface area contributed by atoms with E-state index in [9.17, 15) is 13.2 Å². The number of hydrogen-bond donors (Lipinski definition) is 0. The maximum Gasteiger partial charge on any atom is 0.319 e. The first-order valence-corrected chi connectivity index (χ1v) is 8.56. The summed E-state index contributed by atoms with van der Waals surface area (Å²) in [6, 6.07) is 1.53. The number of methoxy groups -OCH3 is 1. The zero-order valence-electron chi connectivity index (χ0n) is 11.5. The van der Waals surface area contributed by atoms with Crippen molar-refractivity contribution in [1.29, 1.82) is 0 Å². The molecule has 7 nitrogen and oxygen atoms in total. The van der Waals surface area contributed by atoms with Crippen molar-refractivity contribution in [3.05, 3.63) is 22.9 Å². The fourth-order valence-electron chi connectivity index (χ4n) is 2.06. The molecule has 0 amide bonds. The van der Waals surface area contributed by atoms with E-state index >= 15 is 0 Å². The third kappa shape index (κ3) is 4.00. The third-order valence-corrected chi connectivity index (χ3v) is 5.53. The molecule has 1 aliphatic heterocycles. The zero-order valence-corrected chi connectivity index (χ0v) is 13.9. The van der Waals surface area contributed by atoms with E-state index in [1.807, 2.05) is 4.90 Å². The quantitative estimate of drug-likeness (QED) is 0.703. The second kappa shape index (κ2) is 6.82. The van der Waals surface area contributed by atoms with E-state index in [-0.39, 0.29) is 17.4 Å². The van der Waals surface area contributed by atoms with Crippen LogP contribution in [0.15, 0.2) is 27.8 Å². The molecule has 1 aliphatic rings. The zero-order chi connectivity index (χ0) is 15.5. The minimum atomic E-state index is -3.54. The van der Waals surface area contributed by atoms with Crippen LogP contribution in [-0.2, 0) is 19.6 Å². The van der Waals surface area contributed by atoms with Gasteiger partial charge >= 0.3 is 5.97 Å². The summed E-state index contributed by atoms with van der Waals surface area (Å²) in [4.78, 5) is 17.1. The van der Waals surface area contributed by atoms with E-state index in [0.717, 1.165) is 0 Å². The summed E-state index contributed by atoms with van der Waals surface area (Å²) in [7, 11) is -2.21. The molecule has 2 heterocycles. The summed E-state index contributed by atoms with van der Waals surface area (Å²) in [6.45, 7) is 1.85. The molecule has 0 bridgehead atoms. The second-order valence-electron chi connectivity index (χ2n) is 4.60. The first-order chi connectivity index (χ1) is 9.93. The van der Waals surface area contributed by atoms with Crippen molar-refractivity contribution in [2.75, 3.05) is 39.8 Å². The molecule has 116 valence electrons. The lowest BCUT2D eigenvalue weighted by molar-refractivity contribution is -0.142. The number of nitrogens with zero attached hydrogens (tertiary/aromatic N) is 3. The van der Waals surface area contributed by atoms with Crippen molar-refractivity contribution in [1.82, 2.24) is 14.2 Å². The highest BCUT2D eigenvalue weighted by Gasteiger charge is 2.29. The van der Waals surface area contributed by atoms with Crippen molar-refractivity contribution < 1.29 is 17.9 Å². The molecule has 1 aromatic rings. The number of piperazine rings is 1. The average molecular weight is 378 g/mol. The molecule has 0 atom stereocenters. The number of carbonyl (C=O) groups excluding carboxylic acids is 1. The molecular weight excluding hydrogens is 362 g/mol. The number of carbonyl (C=O) groups is 1. The van der Waals surface area contributed by atoms with E-state index in [4.69, 9.17) is 0 Å². The predicted octanol–water partition coefficient (Wildman–Crippen LogP) is 0.323. The number of aromatic nitrogens is 1. The molecule has 1 aromatic heterocycles. The highest BCUT2D eigenvalue weighted by atomic mass is 79.9. The summed E-state index contributed by atoms with van der Waals surface area (Å²) < 4.78 is 31.6. The van der Waals surface area contributed by atoms with Gasteiger partial charge < -0.3 is 4.74 Å². The molecule has 0 aromatic carbocycles. The van der Waals surface area contributed by atoms with E-state index < -0.39 is 10.0 Å². The average Bonchev–Trinajstić information content (AvgIpc) is 2.47. The van der Waals surface area contributed by atoms with Gasteiger partial charge in [-0.05, 0) is 22.0 Å². The van der Waals surface area contributed by atoms with E-state index in [0.29, 0.717) is 30.7 Å². The molecule has 0 unspecified atom stereocenters. The summed E-state index contributed by atoms with van der Waals surface area (Å²) in [5.74, 6) is -0.317. The van der Waals surface area contributed by atoms with E-state index in [1.54, 1.807) is 0 Å². The van der Waals surface area contributed by atoms with Gasteiger partial charge in [0.15, 0.2) is 0 Å². The van der Waals surface area contributed by atoms with Gasteiger partial charge in [-0.25, -0.2) is 8.42 Å². The minimum Gasteiger partial charge on any atom is -0.468 e. The number of sulfonamides is 1. The lowest BCUT2D eigenvalue weighted by atomic mass is 10.3. The standard InChI is InChI=1S/C12H16BrN3O4S/c1-20-12(17)9-15-2-4-16(5-3-15)21(18,19)11-6-10(13)7-14-8-11/h6-8H,2-5,9H2,1H3. The van der Waals surface area contributed by atoms with Crippen LogP contribution in [0.1, 0.15) is 0 Å². The minimum absolute atomic E-state index is 0.165. The highest BCUT2D eigenvalue weighted by molar-refractivity contribution is 9.10. The topological polar surface area (TPSA) is 79.8 Å². The van der Waals surface area contributed by atoms with Crippen LogP contribution in [0.25, 0.3) is 0 Å². The van der Waals surface area contributed by atoms with E-state index in [1.165, 1.54) is 29.9 Å². The van der Waals surface area contributed by atoms with Gasteiger partial charge in [0.1, 0.15) is 4.90 Å². The predicted molar refractivity (Wildman–Crippen MR) is 79.2 cm³/mol. The molecule has 0 spiro atoms. The van der Waals surface area contributed by atoms with Crippen LogP contribution >= 0.6 is 15.9 Å². The van der Waals surface area contributed by atoms with Crippen LogP contribution in [0.2, 0.25) is 0 Å². The molecule has 1 fully saturated rings. The first kappa shape index (κ1) is 16.3. The molecule has 9 heteroatoms. The van der Waals surface area contributed by atoms with Crippen molar-refractivity contribution in [3.8, 4) is 0 Å². The summed E-state index contributed by atoms with van der Waals surface area (Å²) in [5.41, 5.74) is 0. The van der Waals surface area contributed by atoms with Crippen LogP contribution in [0.4, 0.5) is 0 Å². The van der Waals surface area contributed by atoms with Gasteiger partial charge in [0.05, 0.1) is 13.7 Å². The Bertz CT molecular complexity index is 615. The molecule has 0 radical (unpaired) electrons. The highest BCUT2D eigenvalue weighted by Crippen LogP contribution is 2.19. The Balaban J connectivity index is 2.03. The van der Waals surface area contributed by atoms with Gasteiger partial charge in [0, 0.05) is 43.0 Å². The van der Waals surface area contributed by atoms with E-state index in [2.05, 4.69) is 25.7 Å². The maximum absolute atomic E-state index is 12.5. The van der Waals surface area contributed by atoms with Gasteiger partial charge in [-0.3, -0.25) is 14.7 Å². The normalized spacial score (nSPS) is 17.6. The Labute approximate surface area is 132 Å². The summed E-state index contributed by atoms with van der Waals surface area (Å²) in [6.07, 6.45) is 2.87. The maximum atomic E-state index is 12.5. The molecule has 0 saturated carbocycles. The van der Waals surface area contributed by atoms with Crippen molar-refractivity contribution in [2.24, 2.45) is 0 Å². The van der Waals surface area contributed by atoms with Crippen LogP contribution in [-0.4, -0.2) is 68.4 Å². The number of hydrogen-bond acceptors (Lipinski definition) is 6. The number of ether oxygens (including phenoxy) is 1. The number of pyridine rings is 1. The monoisotopic (exact) mass is 377 g/mol. The van der Waals surface area contributed by atoms with Crippen molar-refractivity contribution in [3.63, 3.8) is 0 Å². The lowest BCUT2D eigenvalue weighted by Gasteiger charge is -2.33. The fraction of sp³-hybridized carbons (Fsp3) is 0.500.